The molecule has 9 aromatic carbocycles. The fourth-order valence-electron chi connectivity index (χ4n) is 7.56. The Labute approximate surface area is 277 Å². The van der Waals surface area contributed by atoms with E-state index in [4.69, 9.17) is 4.42 Å². The van der Waals surface area contributed by atoms with Gasteiger partial charge in [-0.3, -0.25) is 0 Å². The summed E-state index contributed by atoms with van der Waals surface area (Å²) in [5.41, 5.74) is 7.50. The number of nitrogens with zero attached hydrogens (tertiary/aromatic N) is 1. The van der Waals surface area contributed by atoms with Crippen LogP contribution in [0.1, 0.15) is 0 Å². The lowest BCUT2D eigenvalue weighted by Crippen LogP contribution is -2.10. The number of anilines is 3. The van der Waals surface area contributed by atoms with Gasteiger partial charge in [-0.1, -0.05) is 133 Å². The highest BCUT2D eigenvalue weighted by molar-refractivity contribution is 6.21. The van der Waals surface area contributed by atoms with Crippen molar-refractivity contribution in [3.8, 4) is 11.1 Å². The number of para-hydroxylation sites is 1. The number of hydrogen-bond donors (Lipinski definition) is 0. The standard InChI is InChI=1S/C46H29NO/c1-2-10-30(11-3-1)33-13-8-14-35(28-33)47(43-18-9-17-41-39(43)26-27-42-40-16-6-7-19-44(40)48-46(41)42)36-24-25-38-34(29-36)23-22-32-21-20-31-12-4-5-15-37(31)45(32)38/h1-29H. The molecule has 48 heavy (non-hydrogen) atoms. The van der Waals surface area contributed by atoms with Crippen LogP contribution in [0, 0.1) is 0 Å². The molecular formula is C46H29NO. The third-order valence-electron chi connectivity index (χ3n) is 9.80. The van der Waals surface area contributed by atoms with E-state index >= 15 is 0 Å². The Hall–Kier alpha value is -6.38. The Morgan fingerprint density at radius 1 is 0.354 bits per heavy atom. The minimum atomic E-state index is 0.909. The number of furan rings is 1. The molecule has 2 heteroatoms. The number of hydrogen-bond acceptors (Lipinski definition) is 2. The average molecular weight is 612 g/mol. The van der Waals surface area contributed by atoms with E-state index in [1.807, 2.05) is 12.1 Å². The fourth-order valence-corrected chi connectivity index (χ4v) is 7.56. The topological polar surface area (TPSA) is 16.4 Å². The van der Waals surface area contributed by atoms with Crippen molar-refractivity contribution in [2.75, 3.05) is 4.90 Å². The molecule has 0 unspecified atom stereocenters. The van der Waals surface area contributed by atoms with Gasteiger partial charge in [-0.15, -0.1) is 0 Å². The van der Waals surface area contributed by atoms with Crippen molar-refractivity contribution in [1.82, 2.24) is 0 Å². The lowest BCUT2D eigenvalue weighted by Gasteiger charge is -2.28. The third-order valence-corrected chi connectivity index (χ3v) is 9.80. The van der Waals surface area contributed by atoms with Gasteiger partial charge >= 0.3 is 0 Å². The molecule has 0 saturated heterocycles. The largest absolute Gasteiger partial charge is 0.455 e. The van der Waals surface area contributed by atoms with Crippen molar-refractivity contribution in [2.24, 2.45) is 0 Å². The van der Waals surface area contributed by atoms with Crippen LogP contribution in [0.25, 0.3) is 76.2 Å². The SMILES string of the molecule is c1ccc(-c2cccc(N(c3ccc4c(ccc5ccc6ccccc6c54)c3)c3cccc4c3ccc3c5ccccc5oc43)c2)cc1. The zero-order valence-corrected chi connectivity index (χ0v) is 26.1. The van der Waals surface area contributed by atoms with E-state index in [9.17, 15) is 0 Å². The van der Waals surface area contributed by atoms with Crippen LogP contribution in [-0.4, -0.2) is 0 Å². The van der Waals surface area contributed by atoms with Crippen LogP contribution in [0.2, 0.25) is 0 Å². The van der Waals surface area contributed by atoms with Crippen LogP contribution in [0.5, 0.6) is 0 Å². The summed E-state index contributed by atoms with van der Waals surface area (Å²) in [6.45, 7) is 0. The molecular weight excluding hydrogens is 583 g/mol. The fraction of sp³-hybridized carbons (Fsp3) is 0. The Morgan fingerprint density at radius 3 is 1.90 bits per heavy atom. The van der Waals surface area contributed by atoms with Crippen molar-refractivity contribution in [3.05, 3.63) is 176 Å². The normalized spacial score (nSPS) is 11.8. The van der Waals surface area contributed by atoms with E-state index in [2.05, 4.69) is 169 Å². The summed E-state index contributed by atoms with van der Waals surface area (Å²) < 4.78 is 6.50. The molecule has 0 aliphatic rings. The Morgan fingerprint density at radius 2 is 0.979 bits per heavy atom. The minimum Gasteiger partial charge on any atom is -0.455 e. The molecule has 2 nitrogen and oxygen atoms in total. The highest BCUT2D eigenvalue weighted by atomic mass is 16.3. The highest BCUT2D eigenvalue weighted by Crippen LogP contribution is 2.44. The summed E-state index contributed by atoms with van der Waals surface area (Å²) in [5, 5.41) is 12.1. The molecule has 0 atom stereocenters. The lowest BCUT2D eigenvalue weighted by atomic mass is 9.96. The monoisotopic (exact) mass is 611 g/mol. The lowest BCUT2D eigenvalue weighted by molar-refractivity contribution is 0.672. The predicted octanol–water partition coefficient (Wildman–Crippen LogP) is 13.3. The van der Waals surface area contributed by atoms with Crippen LogP contribution < -0.4 is 4.90 Å². The summed E-state index contributed by atoms with van der Waals surface area (Å²) in [6.07, 6.45) is 0. The van der Waals surface area contributed by atoms with E-state index in [0.717, 1.165) is 49.8 Å². The second kappa shape index (κ2) is 10.6. The quantitative estimate of drug-likeness (QED) is 0.184. The summed E-state index contributed by atoms with van der Waals surface area (Å²) in [7, 11) is 0. The van der Waals surface area contributed by atoms with Gasteiger partial charge in [0.1, 0.15) is 11.2 Å². The first-order valence-corrected chi connectivity index (χ1v) is 16.4. The zero-order valence-electron chi connectivity index (χ0n) is 26.1. The van der Waals surface area contributed by atoms with Crippen molar-refractivity contribution in [2.45, 2.75) is 0 Å². The molecule has 0 amide bonds. The van der Waals surface area contributed by atoms with Gasteiger partial charge in [-0.2, -0.15) is 0 Å². The molecule has 0 radical (unpaired) electrons. The second-order valence-electron chi connectivity index (χ2n) is 12.5. The molecule has 0 aliphatic carbocycles. The first-order valence-electron chi connectivity index (χ1n) is 16.4. The zero-order chi connectivity index (χ0) is 31.6. The van der Waals surface area contributed by atoms with Crippen LogP contribution >= 0.6 is 0 Å². The Balaban J connectivity index is 1.24. The maximum absolute atomic E-state index is 6.50. The van der Waals surface area contributed by atoms with Gasteiger partial charge in [0, 0.05) is 32.9 Å². The molecule has 0 spiro atoms. The third kappa shape index (κ3) is 4.13. The average Bonchev–Trinajstić information content (AvgIpc) is 3.54. The van der Waals surface area contributed by atoms with Gasteiger partial charge in [0.25, 0.3) is 0 Å². The molecule has 10 aromatic rings. The van der Waals surface area contributed by atoms with Gasteiger partial charge in [0.15, 0.2) is 0 Å². The van der Waals surface area contributed by atoms with Gasteiger partial charge in [-0.25, -0.2) is 0 Å². The smallest absolute Gasteiger partial charge is 0.143 e. The minimum absolute atomic E-state index is 0.909. The van der Waals surface area contributed by atoms with E-state index in [1.54, 1.807) is 0 Å². The first-order chi connectivity index (χ1) is 23.8. The summed E-state index contributed by atoms with van der Waals surface area (Å²) >= 11 is 0. The predicted molar refractivity (Wildman–Crippen MR) is 204 cm³/mol. The second-order valence-corrected chi connectivity index (χ2v) is 12.5. The Kier molecular flexibility index (Phi) is 5.91. The molecule has 0 bridgehead atoms. The van der Waals surface area contributed by atoms with Gasteiger partial charge < -0.3 is 9.32 Å². The van der Waals surface area contributed by atoms with Gasteiger partial charge in [-0.05, 0) is 85.9 Å². The molecule has 224 valence electrons. The Bertz CT molecular complexity index is 2850. The molecule has 0 N–H and O–H groups in total. The first kappa shape index (κ1) is 26.8. The van der Waals surface area contributed by atoms with Crippen molar-refractivity contribution >= 4 is 82.1 Å². The molecule has 0 aliphatic heterocycles. The van der Waals surface area contributed by atoms with Crippen molar-refractivity contribution in [1.29, 1.82) is 0 Å². The van der Waals surface area contributed by atoms with Crippen molar-refractivity contribution in [3.63, 3.8) is 0 Å². The molecule has 0 fully saturated rings. The number of benzene rings is 9. The van der Waals surface area contributed by atoms with Gasteiger partial charge in [0.05, 0.1) is 5.69 Å². The van der Waals surface area contributed by atoms with E-state index in [1.165, 1.54) is 43.4 Å². The van der Waals surface area contributed by atoms with Gasteiger partial charge in [0.2, 0.25) is 0 Å². The van der Waals surface area contributed by atoms with E-state index in [0.29, 0.717) is 0 Å². The van der Waals surface area contributed by atoms with Crippen molar-refractivity contribution < 1.29 is 4.42 Å². The maximum atomic E-state index is 6.50. The highest BCUT2D eigenvalue weighted by Gasteiger charge is 2.19. The summed E-state index contributed by atoms with van der Waals surface area (Å²) in [4.78, 5) is 2.40. The number of rotatable bonds is 4. The van der Waals surface area contributed by atoms with Crippen LogP contribution in [-0.2, 0) is 0 Å². The molecule has 10 rings (SSSR count). The maximum Gasteiger partial charge on any atom is 0.143 e. The van der Waals surface area contributed by atoms with E-state index < -0.39 is 0 Å². The number of fused-ring (bicyclic) bond motifs is 10. The van der Waals surface area contributed by atoms with Crippen LogP contribution in [0.15, 0.2) is 180 Å². The molecule has 1 heterocycles. The molecule has 0 saturated carbocycles. The van der Waals surface area contributed by atoms with E-state index in [-0.39, 0.29) is 0 Å². The summed E-state index contributed by atoms with van der Waals surface area (Å²) in [6, 6.07) is 63.4. The summed E-state index contributed by atoms with van der Waals surface area (Å²) in [5.74, 6) is 0. The van der Waals surface area contributed by atoms with Crippen LogP contribution in [0.3, 0.4) is 0 Å². The molecule has 1 aromatic heterocycles. The van der Waals surface area contributed by atoms with Crippen LogP contribution in [0.4, 0.5) is 17.1 Å².